The lowest BCUT2D eigenvalue weighted by Gasteiger charge is -2.16. The molecule has 1 fully saturated rings. The molecule has 0 unspecified atom stereocenters. The molecule has 1 amide bonds. The van der Waals surface area contributed by atoms with Crippen LogP contribution in [-0.4, -0.2) is 38.0 Å². The van der Waals surface area contributed by atoms with Gasteiger partial charge >= 0.3 is 0 Å². The zero-order valence-electron chi connectivity index (χ0n) is 19.6. The van der Waals surface area contributed by atoms with Crippen molar-refractivity contribution in [3.8, 4) is 11.3 Å². The van der Waals surface area contributed by atoms with E-state index in [9.17, 15) is 4.79 Å². The number of carbonyl (C=O) groups excluding carboxylic acids is 1. The molecule has 0 spiro atoms. The fourth-order valence-corrected chi connectivity index (χ4v) is 5.62. The smallest absolute Gasteiger partial charge is 0.239 e. The van der Waals surface area contributed by atoms with Gasteiger partial charge in [0, 0.05) is 35.6 Å². The third kappa shape index (κ3) is 4.75. The predicted molar refractivity (Wildman–Crippen MR) is 138 cm³/mol. The Labute approximate surface area is 204 Å². The van der Waals surface area contributed by atoms with Crippen LogP contribution in [0.5, 0.6) is 0 Å². The average Bonchev–Trinajstić information content (AvgIpc) is 3.61. The van der Waals surface area contributed by atoms with E-state index < -0.39 is 0 Å². The highest BCUT2D eigenvalue weighted by molar-refractivity contribution is 7.98. The van der Waals surface area contributed by atoms with Crippen molar-refractivity contribution in [1.82, 2.24) is 24.6 Å². The normalized spacial score (nSPS) is 14.1. The van der Waals surface area contributed by atoms with Crippen LogP contribution in [-0.2, 0) is 17.8 Å². The van der Waals surface area contributed by atoms with Gasteiger partial charge in [0.2, 0.25) is 5.91 Å². The maximum atomic E-state index is 12.9. The van der Waals surface area contributed by atoms with E-state index in [2.05, 4.69) is 61.2 Å². The molecule has 0 bridgehead atoms. The molecular weight excluding hydrogens is 442 g/mol. The second kappa shape index (κ2) is 10.5. The predicted octanol–water partition coefficient (Wildman–Crippen LogP) is 5.49. The summed E-state index contributed by atoms with van der Waals surface area (Å²) < 4.78 is 4.46. The SMILES string of the molecule is CSc1nnc(CCCNC(=O)Cn2c(-c3ccccc3)cc3ccccc32)n1C1CCCC1. The molecule has 0 saturated heterocycles. The number of carbonyl (C=O) groups is 1. The van der Waals surface area contributed by atoms with Gasteiger partial charge in [-0.05, 0) is 43.2 Å². The molecule has 0 atom stereocenters. The zero-order chi connectivity index (χ0) is 23.3. The molecule has 1 aliphatic rings. The molecule has 6 nitrogen and oxygen atoms in total. The summed E-state index contributed by atoms with van der Waals surface area (Å²) in [7, 11) is 0. The number of para-hydroxylation sites is 1. The average molecular weight is 474 g/mol. The van der Waals surface area contributed by atoms with Crippen molar-refractivity contribution in [2.24, 2.45) is 0 Å². The van der Waals surface area contributed by atoms with Crippen molar-refractivity contribution in [3.05, 3.63) is 66.5 Å². The Morgan fingerprint density at radius 2 is 1.82 bits per heavy atom. The van der Waals surface area contributed by atoms with Crippen LogP contribution < -0.4 is 5.32 Å². The number of aromatic nitrogens is 4. The Bertz CT molecular complexity index is 1260. The monoisotopic (exact) mass is 473 g/mol. The molecular formula is C27H31N5OS. The number of aryl methyl sites for hydroxylation is 1. The standard InChI is InChI=1S/C27H31N5OS/c1-34-27-30-29-25(32(27)22-13-6-7-14-22)16-9-17-28-26(33)19-31-23-15-8-5-12-21(23)18-24(31)20-10-3-2-4-11-20/h2-5,8,10-12,15,18,22H,6-7,9,13-14,16-17,19H2,1H3,(H,28,33). The fraction of sp³-hybridized carbons (Fsp3) is 0.370. The number of nitrogens with one attached hydrogen (secondary N) is 1. The van der Waals surface area contributed by atoms with Crippen LogP contribution >= 0.6 is 11.8 Å². The van der Waals surface area contributed by atoms with Gasteiger partial charge in [0.05, 0.1) is 0 Å². The number of hydrogen-bond acceptors (Lipinski definition) is 4. The highest BCUT2D eigenvalue weighted by Crippen LogP contribution is 2.33. The van der Waals surface area contributed by atoms with Crippen LogP contribution in [0.15, 0.2) is 65.8 Å². The lowest BCUT2D eigenvalue weighted by Crippen LogP contribution is -2.29. The highest BCUT2D eigenvalue weighted by atomic mass is 32.2. The fourth-order valence-electron chi connectivity index (χ4n) is 5.05. The lowest BCUT2D eigenvalue weighted by molar-refractivity contribution is -0.121. The van der Waals surface area contributed by atoms with E-state index in [-0.39, 0.29) is 5.91 Å². The molecule has 176 valence electrons. The number of nitrogens with zero attached hydrogens (tertiary/aromatic N) is 4. The first kappa shape index (κ1) is 22.7. The van der Waals surface area contributed by atoms with Crippen LogP contribution in [0.3, 0.4) is 0 Å². The summed E-state index contributed by atoms with van der Waals surface area (Å²) in [5.74, 6) is 1.08. The van der Waals surface area contributed by atoms with Crippen LogP contribution in [0.1, 0.15) is 44.0 Å². The second-order valence-electron chi connectivity index (χ2n) is 8.91. The number of fused-ring (bicyclic) bond motifs is 1. The van der Waals surface area contributed by atoms with Gasteiger partial charge in [0.1, 0.15) is 12.4 Å². The molecule has 4 aromatic rings. The van der Waals surface area contributed by atoms with Crippen molar-refractivity contribution in [2.45, 2.75) is 56.3 Å². The molecule has 1 aliphatic carbocycles. The Hall–Kier alpha value is -3.06. The Morgan fingerprint density at radius 1 is 1.06 bits per heavy atom. The molecule has 2 aromatic carbocycles. The van der Waals surface area contributed by atoms with E-state index in [1.807, 2.05) is 30.3 Å². The molecule has 7 heteroatoms. The molecule has 1 saturated carbocycles. The summed E-state index contributed by atoms with van der Waals surface area (Å²) in [5, 5.41) is 14.1. The Morgan fingerprint density at radius 3 is 2.62 bits per heavy atom. The Kier molecular flexibility index (Phi) is 7.00. The summed E-state index contributed by atoms with van der Waals surface area (Å²) in [6, 6.07) is 21.2. The second-order valence-corrected chi connectivity index (χ2v) is 9.68. The molecule has 2 aromatic heterocycles. The lowest BCUT2D eigenvalue weighted by atomic mass is 10.1. The van der Waals surface area contributed by atoms with Crippen LogP contribution in [0.25, 0.3) is 22.2 Å². The number of amides is 1. The van der Waals surface area contributed by atoms with Gasteiger partial charge in [0.15, 0.2) is 5.16 Å². The Balaban J connectivity index is 1.23. The quantitative estimate of drug-likeness (QED) is 0.258. The van der Waals surface area contributed by atoms with Gasteiger partial charge in [-0.2, -0.15) is 0 Å². The number of benzene rings is 2. The summed E-state index contributed by atoms with van der Waals surface area (Å²) in [6.07, 6.45) is 8.73. The van der Waals surface area contributed by atoms with Crippen LogP contribution in [0.2, 0.25) is 0 Å². The maximum Gasteiger partial charge on any atom is 0.239 e. The first-order valence-electron chi connectivity index (χ1n) is 12.1. The van der Waals surface area contributed by atoms with E-state index in [0.717, 1.165) is 46.0 Å². The minimum atomic E-state index is 0.0283. The highest BCUT2D eigenvalue weighted by Gasteiger charge is 2.23. The molecule has 0 aliphatic heterocycles. The summed E-state index contributed by atoms with van der Waals surface area (Å²) >= 11 is 1.67. The molecule has 2 heterocycles. The summed E-state index contributed by atoms with van der Waals surface area (Å²) in [4.78, 5) is 12.9. The minimum absolute atomic E-state index is 0.0283. The first-order chi connectivity index (χ1) is 16.7. The summed E-state index contributed by atoms with van der Waals surface area (Å²) in [5.41, 5.74) is 3.25. The van der Waals surface area contributed by atoms with E-state index in [1.165, 1.54) is 25.7 Å². The molecule has 0 radical (unpaired) electrons. The van der Waals surface area contributed by atoms with E-state index >= 15 is 0 Å². The van der Waals surface area contributed by atoms with Gasteiger partial charge in [0.25, 0.3) is 0 Å². The van der Waals surface area contributed by atoms with Crippen molar-refractivity contribution in [3.63, 3.8) is 0 Å². The topological polar surface area (TPSA) is 64.7 Å². The van der Waals surface area contributed by atoms with Crippen LogP contribution in [0, 0.1) is 0 Å². The van der Waals surface area contributed by atoms with E-state index in [4.69, 9.17) is 0 Å². The van der Waals surface area contributed by atoms with Crippen molar-refractivity contribution in [1.29, 1.82) is 0 Å². The van der Waals surface area contributed by atoms with Crippen LogP contribution in [0.4, 0.5) is 0 Å². The third-order valence-corrected chi connectivity index (χ3v) is 7.33. The third-order valence-electron chi connectivity index (χ3n) is 6.69. The van der Waals surface area contributed by atoms with E-state index in [0.29, 0.717) is 19.1 Å². The minimum Gasteiger partial charge on any atom is -0.355 e. The van der Waals surface area contributed by atoms with Crippen molar-refractivity contribution in [2.75, 3.05) is 12.8 Å². The molecule has 1 N–H and O–H groups in total. The first-order valence-corrected chi connectivity index (χ1v) is 13.3. The molecule has 5 rings (SSSR count). The zero-order valence-corrected chi connectivity index (χ0v) is 20.4. The van der Waals surface area contributed by atoms with Gasteiger partial charge in [-0.15, -0.1) is 10.2 Å². The van der Waals surface area contributed by atoms with Crippen molar-refractivity contribution < 1.29 is 4.79 Å². The number of rotatable bonds is 9. The maximum absolute atomic E-state index is 12.9. The van der Waals surface area contributed by atoms with E-state index in [1.54, 1.807) is 11.8 Å². The number of hydrogen-bond donors (Lipinski definition) is 1. The van der Waals surface area contributed by atoms with Gasteiger partial charge in [-0.1, -0.05) is 73.1 Å². The van der Waals surface area contributed by atoms with Gasteiger partial charge < -0.3 is 14.5 Å². The van der Waals surface area contributed by atoms with Gasteiger partial charge in [-0.3, -0.25) is 4.79 Å². The molecule has 34 heavy (non-hydrogen) atoms. The largest absolute Gasteiger partial charge is 0.355 e. The van der Waals surface area contributed by atoms with Crippen molar-refractivity contribution >= 4 is 28.6 Å². The van der Waals surface area contributed by atoms with Gasteiger partial charge in [-0.25, -0.2) is 0 Å². The summed E-state index contributed by atoms with van der Waals surface area (Å²) in [6.45, 7) is 0.928. The number of thioether (sulfide) groups is 1.